The van der Waals surface area contributed by atoms with Crippen molar-refractivity contribution in [2.45, 2.75) is 13.5 Å². The maximum Gasteiger partial charge on any atom is 0.271 e. The van der Waals surface area contributed by atoms with Gasteiger partial charge in [0.1, 0.15) is 10.4 Å². The van der Waals surface area contributed by atoms with Crippen LogP contribution in [0.5, 0.6) is 5.75 Å². The number of nitrogens with zero attached hydrogens (tertiary/aromatic N) is 2. The monoisotopic (exact) mass is 362 g/mol. The molecule has 2 aromatic heterocycles. The molecule has 2 aromatic carbocycles. The summed E-state index contributed by atoms with van der Waals surface area (Å²) in [6.45, 7) is 2.53. The Morgan fingerprint density at radius 3 is 2.73 bits per heavy atom. The molecule has 0 aliphatic rings. The third-order valence-corrected chi connectivity index (χ3v) is 5.35. The van der Waals surface area contributed by atoms with Crippen LogP contribution in [0.2, 0.25) is 0 Å². The maximum atomic E-state index is 12.9. The molecular weight excluding hydrogens is 344 g/mol. The van der Waals surface area contributed by atoms with Crippen molar-refractivity contribution in [3.63, 3.8) is 0 Å². The summed E-state index contributed by atoms with van der Waals surface area (Å²) in [4.78, 5) is 17.5. The van der Waals surface area contributed by atoms with Gasteiger partial charge in [-0.25, -0.2) is 4.98 Å². The van der Waals surface area contributed by atoms with Crippen LogP contribution >= 0.6 is 11.3 Å². The first-order chi connectivity index (χ1) is 12.7. The van der Waals surface area contributed by atoms with Crippen LogP contribution in [0, 0.1) is 6.92 Å². The molecule has 0 radical (unpaired) electrons. The Bertz CT molecular complexity index is 1130. The minimum Gasteiger partial charge on any atom is -0.497 e. The van der Waals surface area contributed by atoms with E-state index in [1.165, 1.54) is 16.9 Å². The van der Waals surface area contributed by atoms with Gasteiger partial charge < -0.3 is 4.74 Å². The summed E-state index contributed by atoms with van der Waals surface area (Å²) in [5, 5.41) is 2.01. The maximum absolute atomic E-state index is 12.9. The highest BCUT2D eigenvalue weighted by Gasteiger charge is 2.12. The van der Waals surface area contributed by atoms with Gasteiger partial charge in [-0.1, -0.05) is 42.0 Å². The Morgan fingerprint density at radius 1 is 1.15 bits per heavy atom. The smallest absolute Gasteiger partial charge is 0.271 e. The first-order valence-electron chi connectivity index (χ1n) is 8.32. The third-order valence-electron chi connectivity index (χ3n) is 4.40. The van der Waals surface area contributed by atoms with E-state index in [0.717, 1.165) is 28.0 Å². The average Bonchev–Trinajstić information content (AvgIpc) is 3.10. The van der Waals surface area contributed by atoms with Crippen molar-refractivity contribution < 1.29 is 4.74 Å². The van der Waals surface area contributed by atoms with Gasteiger partial charge in [-0.2, -0.15) is 0 Å². The fourth-order valence-electron chi connectivity index (χ4n) is 2.96. The van der Waals surface area contributed by atoms with Gasteiger partial charge in [0, 0.05) is 10.9 Å². The first kappa shape index (κ1) is 16.5. The molecule has 0 saturated heterocycles. The second-order valence-electron chi connectivity index (χ2n) is 6.22. The fraction of sp³-hybridized carbons (Fsp3) is 0.143. The average molecular weight is 362 g/mol. The van der Waals surface area contributed by atoms with Crippen LogP contribution in [0.15, 0.2) is 65.0 Å². The largest absolute Gasteiger partial charge is 0.497 e. The van der Waals surface area contributed by atoms with Crippen LogP contribution in [-0.4, -0.2) is 16.7 Å². The molecule has 130 valence electrons. The van der Waals surface area contributed by atoms with E-state index in [4.69, 9.17) is 4.74 Å². The summed E-state index contributed by atoms with van der Waals surface area (Å²) in [5.41, 5.74) is 5.06. The van der Waals surface area contributed by atoms with Crippen LogP contribution in [-0.2, 0) is 6.54 Å². The van der Waals surface area contributed by atoms with Crippen molar-refractivity contribution in [2.24, 2.45) is 0 Å². The van der Waals surface area contributed by atoms with E-state index in [-0.39, 0.29) is 5.56 Å². The van der Waals surface area contributed by atoms with Gasteiger partial charge in [0.2, 0.25) is 0 Å². The molecule has 4 nitrogen and oxygen atoms in total. The molecule has 0 N–H and O–H groups in total. The summed E-state index contributed by atoms with van der Waals surface area (Å²) in [5.74, 6) is 0.780. The molecule has 4 rings (SSSR count). The molecule has 0 atom stereocenters. The summed E-state index contributed by atoms with van der Waals surface area (Å²) in [6.07, 6.45) is 1.63. The summed E-state index contributed by atoms with van der Waals surface area (Å²) < 4.78 is 7.58. The molecule has 0 fully saturated rings. The lowest BCUT2D eigenvalue weighted by Gasteiger charge is -2.07. The van der Waals surface area contributed by atoms with E-state index in [0.29, 0.717) is 11.2 Å². The lowest BCUT2D eigenvalue weighted by Crippen LogP contribution is -2.20. The van der Waals surface area contributed by atoms with Crippen LogP contribution in [0.3, 0.4) is 0 Å². The van der Waals surface area contributed by atoms with Crippen molar-refractivity contribution in [1.29, 1.82) is 0 Å². The van der Waals surface area contributed by atoms with Crippen molar-refractivity contribution >= 4 is 21.6 Å². The first-order valence-corrected chi connectivity index (χ1v) is 9.20. The number of fused-ring (bicyclic) bond motifs is 1. The fourth-order valence-corrected chi connectivity index (χ4v) is 3.94. The molecule has 0 spiro atoms. The van der Waals surface area contributed by atoms with Gasteiger partial charge in [0.15, 0.2) is 0 Å². The molecule has 0 unspecified atom stereocenters. The van der Waals surface area contributed by atoms with E-state index < -0.39 is 0 Å². The molecule has 26 heavy (non-hydrogen) atoms. The molecular formula is C21H18N2O2S. The number of aromatic nitrogens is 2. The summed E-state index contributed by atoms with van der Waals surface area (Å²) in [7, 11) is 1.64. The number of hydrogen-bond donors (Lipinski definition) is 0. The van der Waals surface area contributed by atoms with Crippen LogP contribution in [0.4, 0.5) is 0 Å². The lowest BCUT2D eigenvalue weighted by atomic mass is 10.1. The van der Waals surface area contributed by atoms with Gasteiger partial charge in [-0.3, -0.25) is 9.36 Å². The van der Waals surface area contributed by atoms with Crippen molar-refractivity contribution in [3.8, 4) is 16.9 Å². The minimum atomic E-state index is -0.0128. The Balaban J connectivity index is 1.74. The van der Waals surface area contributed by atoms with E-state index in [9.17, 15) is 4.79 Å². The number of ether oxygens (including phenoxy) is 1. The number of benzene rings is 2. The van der Waals surface area contributed by atoms with Crippen LogP contribution < -0.4 is 10.3 Å². The van der Waals surface area contributed by atoms with Crippen molar-refractivity contribution in [2.75, 3.05) is 7.11 Å². The Labute approximate surface area is 155 Å². The molecule has 0 aliphatic carbocycles. The zero-order chi connectivity index (χ0) is 18.1. The van der Waals surface area contributed by atoms with Crippen molar-refractivity contribution in [3.05, 3.63) is 81.7 Å². The minimum absolute atomic E-state index is 0.0128. The molecule has 0 amide bonds. The van der Waals surface area contributed by atoms with Gasteiger partial charge in [0.05, 0.1) is 25.5 Å². The van der Waals surface area contributed by atoms with Gasteiger partial charge in [0.25, 0.3) is 5.56 Å². The Morgan fingerprint density at radius 2 is 1.96 bits per heavy atom. The molecule has 0 bridgehead atoms. The molecule has 5 heteroatoms. The van der Waals surface area contributed by atoms with E-state index in [1.807, 2.05) is 29.6 Å². The Kier molecular flexibility index (Phi) is 4.31. The summed E-state index contributed by atoms with van der Waals surface area (Å²) >= 11 is 1.45. The molecule has 4 aromatic rings. The predicted octanol–water partition coefficient (Wildman–Crippen LogP) is 4.49. The summed E-state index contributed by atoms with van der Waals surface area (Å²) in [6, 6.07) is 16.0. The third kappa shape index (κ3) is 3.02. The van der Waals surface area contributed by atoms with E-state index in [1.54, 1.807) is 18.0 Å². The SMILES string of the molecule is COc1cccc(Cn2cnc3c(-c4ccc(C)cc4)csc3c2=O)c1. The normalized spacial score (nSPS) is 11.0. The lowest BCUT2D eigenvalue weighted by molar-refractivity contribution is 0.414. The number of methoxy groups -OCH3 is 1. The van der Waals surface area contributed by atoms with Crippen LogP contribution in [0.1, 0.15) is 11.1 Å². The quantitative estimate of drug-likeness (QED) is 0.537. The Hall–Kier alpha value is -2.92. The molecule has 0 aliphatic heterocycles. The number of hydrogen-bond acceptors (Lipinski definition) is 4. The van der Waals surface area contributed by atoms with Gasteiger partial charge in [-0.05, 0) is 30.2 Å². The van der Waals surface area contributed by atoms with Crippen LogP contribution in [0.25, 0.3) is 21.3 Å². The zero-order valence-electron chi connectivity index (χ0n) is 14.6. The second-order valence-corrected chi connectivity index (χ2v) is 7.10. The number of aryl methyl sites for hydroxylation is 1. The van der Waals surface area contributed by atoms with E-state index >= 15 is 0 Å². The number of thiophene rings is 1. The van der Waals surface area contributed by atoms with E-state index in [2.05, 4.69) is 36.2 Å². The molecule has 0 saturated carbocycles. The van der Waals surface area contributed by atoms with Gasteiger partial charge >= 0.3 is 0 Å². The predicted molar refractivity (Wildman–Crippen MR) is 106 cm³/mol. The highest BCUT2D eigenvalue weighted by molar-refractivity contribution is 7.17. The number of rotatable bonds is 4. The standard InChI is InChI=1S/C21H18N2O2S/c1-14-6-8-16(9-7-14)18-12-26-20-19(18)22-13-23(21(20)24)11-15-4-3-5-17(10-15)25-2/h3-10,12-13H,11H2,1-2H3. The molecule has 2 heterocycles. The highest BCUT2D eigenvalue weighted by Crippen LogP contribution is 2.30. The van der Waals surface area contributed by atoms with Crippen molar-refractivity contribution in [1.82, 2.24) is 9.55 Å². The zero-order valence-corrected chi connectivity index (χ0v) is 15.4. The topological polar surface area (TPSA) is 44.1 Å². The van der Waals surface area contributed by atoms with Gasteiger partial charge in [-0.15, -0.1) is 11.3 Å². The highest BCUT2D eigenvalue weighted by atomic mass is 32.1. The second kappa shape index (κ2) is 6.77.